The van der Waals surface area contributed by atoms with Crippen LogP contribution in [0, 0.1) is 0 Å². The summed E-state index contributed by atoms with van der Waals surface area (Å²) >= 11 is 6.76. The summed E-state index contributed by atoms with van der Waals surface area (Å²) in [6.45, 7) is 2.28. The molecule has 0 N–H and O–H groups in total. The van der Waals surface area contributed by atoms with Crippen LogP contribution in [0.2, 0.25) is 0 Å². The molecule has 1 saturated heterocycles. The molecule has 0 aromatic heterocycles. The predicted octanol–water partition coefficient (Wildman–Crippen LogP) is 7.91. The van der Waals surface area contributed by atoms with Crippen molar-refractivity contribution in [3.05, 3.63) is 99.6 Å². The summed E-state index contributed by atoms with van der Waals surface area (Å²) < 4.78 is 31.8. The first kappa shape index (κ1) is 25.7. The predicted molar refractivity (Wildman–Crippen MR) is 145 cm³/mol. The fourth-order valence-corrected chi connectivity index (χ4v) is 5.80. The summed E-state index contributed by atoms with van der Waals surface area (Å²) in [6.07, 6.45) is 13.4. The Hall–Kier alpha value is -2.89. The van der Waals surface area contributed by atoms with E-state index >= 15 is 0 Å². The highest BCUT2D eigenvalue weighted by atomic mass is 35.5. The highest BCUT2D eigenvalue weighted by molar-refractivity contribution is 6.32. The molecule has 194 valence electrons. The number of alkyl halides is 1. The molecule has 2 aliphatic carbocycles. The molecule has 0 amide bonds. The monoisotopic (exact) mass is 523 g/mol. The van der Waals surface area contributed by atoms with E-state index in [0.717, 1.165) is 90.4 Å². The van der Waals surface area contributed by atoms with Crippen molar-refractivity contribution in [1.82, 2.24) is 4.90 Å². The van der Waals surface area contributed by atoms with Crippen LogP contribution >= 0.6 is 11.6 Å². The Morgan fingerprint density at radius 2 is 1.81 bits per heavy atom. The zero-order valence-electron chi connectivity index (χ0n) is 20.9. The van der Waals surface area contributed by atoms with Crippen molar-refractivity contribution in [1.29, 1.82) is 0 Å². The second kappa shape index (κ2) is 12.1. The number of allylic oxidation sites excluding steroid dienone is 7. The summed E-state index contributed by atoms with van der Waals surface area (Å²) in [5.41, 5.74) is 6.52. The number of likely N-dealkylation sites (tertiary alicyclic amines) is 1. The molecule has 0 radical (unpaired) electrons. The van der Waals surface area contributed by atoms with E-state index < -0.39 is 0 Å². The second-order valence-electron chi connectivity index (χ2n) is 9.80. The normalized spacial score (nSPS) is 20.1. The van der Waals surface area contributed by atoms with Gasteiger partial charge in [-0.2, -0.15) is 0 Å². The van der Waals surface area contributed by atoms with Crippen molar-refractivity contribution < 1.29 is 18.6 Å². The van der Waals surface area contributed by atoms with E-state index in [2.05, 4.69) is 40.2 Å². The molecule has 2 aromatic rings. The highest BCUT2D eigenvalue weighted by Crippen LogP contribution is 2.41. The summed E-state index contributed by atoms with van der Waals surface area (Å²) in [7, 11) is 0. The maximum absolute atomic E-state index is 13.0. The lowest BCUT2D eigenvalue weighted by molar-refractivity contribution is -0.00629. The Labute approximate surface area is 222 Å². The van der Waals surface area contributed by atoms with Crippen LogP contribution in [0.3, 0.4) is 0 Å². The largest absolute Gasteiger partial charge is 0.489 e. The van der Waals surface area contributed by atoms with Crippen molar-refractivity contribution >= 4 is 17.2 Å². The fourth-order valence-electron chi connectivity index (χ4n) is 5.53. The third-order valence-electron chi connectivity index (χ3n) is 7.30. The Bertz CT molecular complexity index is 1230. The van der Waals surface area contributed by atoms with E-state index in [9.17, 15) is 8.92 Å². The van der Waals surface area contributed by atoms with Gasteiger partial charge in [-0.25, -0.2) is 0 Å². The number of fused-ring (bicyclic) bond motifs is 1. The van der Waals surface area contributed by atoms with Crippen molar-refractivity contribution in [2.45, 2.75) is 44.6 Å². The van der Waals surface area contributed by atoms with Gasteiger partial charge in [-0.3, -0.25) is 14.2 Å². The van der Waals surface area contributed by atoms with E-state index in [0.29, 0.717) is 6.42 Å². The zero-order chi connectivity index (χ0) is 25.6. The van der Waals surface area contributed by atoms with Crippen molar-refractivity contribution in [2.75, 3.05) is 26.3 Å². The first-order chi connectivity index (χ1) is 18.2. The van der Waals surface area contributed by atoms with Gasteiger partial charge in [-0.05, 0) is 102 Å². The van der Waals surface area contributed by atoms with Gasteiger partial charge in [0, 0.05) is 29.2 Å². The van der Waals surface area contributed by atoms with E-state index in [4.69, 9.17) is 16.3 Å². The van der Waals surface area contributed by atoms with Crippen LogP contribution in [0.5, 0.6) is 11.5 Å². The molecule has 1 fully saturated rings. The molecule has 6 heteroatoms. The summed E-state index contributed by atoms with van der Waals surface area (Å²) in [6, 6.07) is 13.7. The molecule has 1 atom stereocenters. The van der Waals surface area contributed by atoms with Gasteiger partial charge >= 0.3 is 0 Å². The minimum Gasteiger partial charge on any atom is -0.489 e. The van der Waals surface area contributed by atoms with Gasteiger partial charge in [-0.15, -0.1) is 0 Å². The van der Waals surface area contributed by atoms with Crippen LogP contribution in [0.15, 0.2) is 82.9 Å². The zero-order valence-corrected chi connectivity index (χ0v) is 21.7. The molecule has 1 aliphatic heterocycles. The molecule has 3 aliphatic rings. The minimum atomic E-state index is -0.277. The van der Waals surface area contributed by atoms with Crippen molar-refractivity contribution in [3.63, 3.8) is 0 Å². The molecular formula is C31H32ClF2NO2. The number of aryl methyl sites for hydroxylation is 1. The van der Waals surface area contributed by atoms with Crippen molar-refractivity contribution in [2.24, 2.45) is 0 Å². The molecule has 2 aromatic carbocycles. The van der Waals surface area contributed by atoms with E-state index in [-0.39, 0.29) is 18.5 Å². The van der Waals surface area contributed by atoms with Gasteiger partial charge in [0.25, 0.3) is 0 Å². The lowest BCUT2D eigenvalue weighted by atomic mass is 9.87. The molecule has 5 rings (SSSR count). The second-order valence-corrected chi connectivity index (χ2v) is 10.2. The third kappa shape index (κ3) is 6.00. The number of rotatable bonds is 8. The Balaban J connectivity index is 1.49. The number of hydrogen-bond acceptors (Lipinski definition) is 3. The molecule has 0 bridgehead atoms. The standard InChI is InChI=1S/C31H32ClF2NO2/c32-30-9-3-1-2-7-28(30)29-8-4-6-23-20-25(37-34)14-15-27(23)31(29)22-10-12-24(13-11-22)36-26-16-19-35(21-26)18-5-17-33/h2-3,7,9-15,20,26H,1,4-6,8,16-19,21H2/t26-/m0/s1. The van der Waals surface area contributed by atoms with E-state index in [1.165, 1.54) is 5.57 Å². The maximum atomic E-state index is 13.0. The van der Waals surface area contributed by atoms with Gasteiger partial charge in [0.2, 0.25) is 0 Å². The number of benzene rings is 2. The Morgan fingerprint density at radius 3 is 2.62 bits per heavy atom. The average molecular weight is 524 g/mol. The number of hydrogen-bond donors (Lipinski definition) is 0. The topological polar surface area (TPSA) is 21.7 Å². The van der Waals surface area contributed by atoms with E-state index in [1.54, 1.807) is 12.1 Å². The maximum Gasteiger partial charge on any atom is 0.172 e. The molecule has 0 unspecified atom stereocenters. The number of nitrogens with zero attached hydrogens (tertiary/aromatic N) is 1. The number of halogens is 3. The molecule has 3 nitrogen and oxygen atoms in total. The van der Waals surface area contributed by atoms with Gasteiger partial charge in [0.05, 0.1) is 6.67 Å². The highest BCUT2D eigenvalue weighted by Gasteiger charge is 2.25. The summed E-state index contributed by atoms with van der Waals surface area (Å²) in [5, 5.41) is 0.729. The summed E-state index contributed by atoms with van der Waals surface area (Å²) in [5.74, 6) is 1.05. The van der Waals surface area contributed by atoms with Gasteiger partial charge in [0.1, 0.15) is 11.9 Å². The number of ether oxygens (including phenoxy) is 1. The van der Waals surface area contributed by atoms with Crippen LogP contribution in [0.25, 0.3) is 5.57 Å². The van der Waals surface area contributed by atoms with Crippen LogP contribution in [0.4, 0.5) is 8.92 Å². The van der Waals surface area contributed by atoms with Crippen molar-refractivity contribution in [3.8, 4) is 11.5 Å². The molecule has 0 spiro atoms. The van der Waals surface area contributed by atoms with Crippen LogP contribution in [-0.2, 0) is 6.42 Å². The molecule has 1 heterocycles. The first-order valence-corrected chi connectivity index (χ1v) is 13.5. The molecule has 0 saturated carbocycles. The Kier molecular flexibility index (Phi) is 8.42. The smallest absolute Gasteiger partial charge is 0.172 e. The fraction of sp³-hybridized carbons (Fsp3) is 0.355. The summed E-state index contributed by atoms with van der Waals surface area (Å²) in [4.78, 5) is 6.31. The Morgan fingerprint density at radius 1 is 1.00 bits per heavy atom. The lowest BCUT2D eigenvalue weighted by Gasteiger charge is -2.19. The average Bonchev–Trinajstić information content (AvgIpc) is 3.14. The van der Waals surface area contributed by atoms with Gasteiger partial charge in [-0.1, -0.05) is 48.0 Å². The van der Waals surface area contributed by atoms with Crippen LogP contribution in [-0.4, -0.2) is 37.3 Å². The van der Waals surface area contributed by atoms with Gasteiger partial charge in [0.15, 0.2) is 5.75 Å². The minimum absolute atomic E-state index is 0.116. The van der Waals surface area contributed by atoms with Crippen LogP contribution < -0.4 is 9.68 Å². The quantitative estimate of drug-likeness (QED) is 0.351. The van der Waals surface area contributed by atoms with E-state index in [1.807, 2.05) is 24.3 Å². The molecular weight excluding hydrogens is 492 g/mol. The SMILES string of the molecule is FCCCN1CC[C@H](Oc2ccc(C3=C(C4=C(Cl)C=CCC=C4)CCCc4cc(OF)ccc43)cc2)C1. The lowest BCUT2D eigenvalue weighted by Crippen LogP contribution is -2.26. The third-order valence-corrected chi connectivity index (χ3v) is 7.63. The first-order valence-electron chi connectivity index (χ1n) is 13.1. The molecule has 37 heavy (non-hydrogen) atoms. The van der Waals surface area contributed by atoms with Gasteiger partial charge < -0.3 is 4.74 Å². The van der Waals surface area contributed by atoms with Crippen LogP contribution in [0.1, 0.15) is 48.8 Å².